The van der Waals surface area contributed by atoms with Crippen LogP contribution in [0.4, 0.5) is 0 Å². The molecule has 1 aliphatic heterocycles. The quantitative estimate of drug-likeness (QED) is 0.666. The van der Waals surface area contributed by atoms with Crippen LogP contribution in [0, 0.1) is 0 Å². The molecule has 0 saturated carbocycles. The Kier molecular flexibility index (Phi) is 2.37. The van der Waals surface area contributed by atoms with Crippen molar-refractivity contribution >= 4 is 5.78 Å². The van der Waals surface area contributed by atoms with Crippen molar-refractivity contribution in [3.8, 4) is 0 Å². The molecule has 0 spiro atoms. The maximum atomic E-state index is 11.3. The van der Waals surface area contributed by atoms with Crippen LogP contribution in [0.5, 0.6) is 0 Å². The van der Waals surface area contributed by atoms with E-state index >= 15 is 0 Å². The number of carbonyl (C=O) groups excluding carboxylic acids is 1. The number of Topliss-reactive ketones (excluding diaryl/α,β-unsaturated/α-hetero) is 1. The lowest BCUT2D eigenvalue weighted by Gasteiger charge is -2.07. The minimum absolute atomic E-state index is 0.0378. The van der Waals surface area contributed by atoms with Crippen LogP contribution in [0.3, 0.4) is 0 Å². The summed E-state index contributed by atoms with van der Waals surface area (Å²) >= 11 is 0. The monoisotopic (exact) mass is 194 g/mol. The number of likely N-dealkylation sites (tertiary alicyclic amines) is 1. The summed E-state index contributed by atoms with van der Waals surface area (Å²) in [5.41, 5.74) is 0.644. The molecular weight excluding hydrogens is 180 g/mol. The van der Waals surface area contributed by atoms with Gasteiger partial charge in [0.25, 0.3) is 0 Å². The van der Waals surface area contributed by atoms with Crippen molar-refractivity contribution in [2.75, 3.05) is 20.1 Å². The first kappa shape index (κ1) is 9.40. The summed E-state index contributed by atoms with van der Waals surface area (Å²) < 4.78 is 5.16. The molecule has 1 fully saturated rings. The standard InChI is InChI=1S/C10H14N2O2/c1-7(13)9-5-11-14-10(9)8-3-4-12(2)6-8/h5,8H,3-4,6H2,1-2H3. The van der Waals surface area contributed by atoms with E-state index in [1.54, 1.807) is 6.92 Å². The number of hydrogen-bond acceptors (Lipinski definition) is 4. The predicted octanol–water partition coefficient (Wildman–Crippen LogP) is 1.30. The van der Waals surface area contributed by atoms with Gasteiger partial charge in [-0.25, -0.2) is 0 Å². The maximum absolute atomic E-state index is 11.3. The van der Waals surface area contributed by atoms with E-state index in [4.69, 9.17) is 4.52 Å². The van der Waals surface area contributed by atoms with Gasteiger partial charge in [0.2, 0.25) is 0 Å². The summed E-state index contributed by atoms with van der Waals surface area (Å²) in [4.78, 5) is 13.5. The van der Waals surface area contributed by atoms with Crippen LogP contribution >= 0.6 is 0 Å². The van der Waals surface area contributed by atoms with Gasteiger partial charge in [-0.2, -0.15) is 0 Å². The van der Waals surface area contributed by atoms with Crippen molar-refractivity contribution < 1.29 is 9.32 Å². The molecule has 1 aromatic rings. The van der Waals surface area contributed by atoms with Crippen LogP contribution in [0.1, 0.15) is 35.4 Å². The topological polar surface area (TPSA) is 46.3 Å². The third-order valence-corrected chi connectivity index (χ3v) is 2.74. The van der Waals surface area contributed by atoms with Crippen LogP contribution in [0.25, 0.3) is 0 Å². The Balaban J connectivity index is 2.23. The second kappa shape index (κ2) is 3.53. The predicted molar refractivity (Wildman–Crippen MR) is 51.4 cm³/mol. The molecule has 76 valence electrons. The zero-order chi connectivity index (χ0) is 10.1. The van der Waals surface area contributed by atoms with Gasteiger partial charge in [0.05, 0.1) is 11.8 Å². The molecule has 2 rings (SSSR count). The maximum Gasteiger partial charge on any atom is 0.165 e. The molecule has 1 aliphatic rings. The van der Waals surface area contributed by atoms with E-state index in [1.165, 1.54) is 6.20 Å². The van der Waals surface area contributed by atoms with Gasteiger partial charge in [-0.05, 0) is 26.9 Å². The Morgan fingerprint density at radius 3 is 3.07 bits per heavy atom. The molecular formula is C10H14N2O2. The lowest BCUT2D eigenvalue weighted by molar-refractivity contribution is 0.101. The molecule has 1 saturated heterocycles. The van der Waals surface area contributed by atoms with Crippen molar-refractivity contribution in [1.82, 2.24) is 10.1 Å². The molecule has 0 aromatic carbocycles. The summed E-state index contributed by atoms with van der Waals surface area (Å²) in [7, 11) is 2.07. The smallest absolute Gasteiger partial charge is 0.165 e. The highest BCUT2D eigenvalue weighted by Gasteiger charge is 2.27. The number of carbonyl (C=O) groups is 1. The fraction of sp³-hybridized carbons (Fsp3) is 0.600. The molecule has 4 nitrogen and oxygen atoms in total. The molecule has 4 heteroatoms. The normalized spacial score (nSPS) is 22.9. The average Bonchev–Trinajstić information content (AvgIpc) is 2.70. The Morgan fingerprint density at radius 2 is 2.50 bits per heavy atom. The average molecular weight is 194 g/mol. The van der Waals surface area contributed by atoms with E-state index < -0.39 is 0 Å². The van der Waals surface area contributed by atoms with E-state index in [1.807, 2.05) is 0 Å². The first-order valence-electron chi connectivity index (χ1n) is 4.82. The van der Waals surface area contributed by atoms with Crippen molar-refractivity contribution in [3.05, 3.63) is 17.5 Å². The third-order valence-electron chi connectivity index (χ3n) is 2.74. The van der Waals surface area contributed by atoms with Crippen molar-refractivity contribution in [2.45, 2.75) is 19.3 Å². The first-order chi connectivity index (χ1) is 6.68. The van der Waals surface area contributed by atoms with E-state index in [2.05, 4.69) is 17.1 Å². The Labute approximate surface area is 82.9 Å². The fourth-order valence-electron chi connectivity index (χ4n) is 1.96. The van der Waals surface area contributed by atoms with E-state index in [9.17, 15) is 4.79 Å². The van der Waals surface area contributed by atoms with Crippen molar-refractivity contribution in [3.63, 3.8) is 0 Å². The van der Waals surface area contributed by atoms with Gasteiger partial charge in [-0.3, -0.25) is 4.79 Å². The van der Waals surface area contributed by atoms with Crippen LogP contribution in [0.2, 0.25) is 0 Å². The third kappa shape index (κ3) is 1.57. The summed E-state index contributed by atoms with van der Waals surface area (Å²) in [6, 6.07) is 0. The van der Waals surface area contributed by atoms with Crippen LogP contribution in [-0.2, 0) is 0 Å². The number of ketones is 1. The molecule has 1 aromatic heterocycles. The van der Waals surface area contributed by atoms with Gasteiger partial charge in [0, 0.05) is 12.5 Å². The number of aromatic nitrogens is 1. The number of hydrogen-bond donors (Lipinski definition) is 0. The van der Waals surface area contributed by atoms with Gasteiger partial charge in [0.1, 0.15) is 0 Å². The molecule has 0 radical (unpaired) electrons. The van der Waals surface area contributed by atoms with Gasteiger partial charge in [-0.1, -0.05) is 5.16 Å². The summed E-state index contributed by atoms with van der Waals surface area (Å²) in [5, 5.41) is 3.70. The molecule has 0 N–H and O–H groups in total. The minimum Gasteiger partial charge on any atom is -0.360 e. The molecule has 14 heavy (non-hydrogen) atoms. The highest BCUT2D eigenvalue weighted by molar-refractivity contribution is 5.94. The summed E-state index contributed by atoms with van der Waals surface area (Å²) in [6.45, 7) is 3.56. The van der Waals surface area contributed by atoms with Crippen LogP contribution in [0.15, 0.2) is 10.7 Å². The van der Waals surface area contributed by atoms with Crippen molar-refractivity contribution in [2.24, 2.45) is 0 Å². The lowest BCUT2D eigenvalue weighted by Crippen LogP contribution is -2.13. The summed E-state index contributed by atoms with van der Waals surface area (Å²) in [5.74, 6) is 1.14. The Morgan fingerprint density at radius 1 is 1.71 bits per heavy atom. The van der Waals surface area contributed by atoms with Crippen molar-refractivity contribution in [1.29, 1.82) is 0 Å². The zero-order valence-corrected chi connectivity index (χ0v) is 8.49. The second-order valence-corrected chi connectivity index (χ2v) is 3.91. The first-order valence-corrected chi connectivity index (χ1v) is 4.82. The molecule has 0 aliphatic carbocycles. The highest BCUT2D eigenvalue weighted by atomic mass is 16.5. The lowest BCUT2D eigenvalue weighted by atomic mass is 10.0. The van der Waals surface area contributed by atoms with E-state index in [0.717, 1.165) is 25.3 Å². The SMILES string of the molecule is CC(=O)c1cnoc1C1CCN(C)C1. The summed E-state index contributed by atoms with van der Waals surface area (Å²) in [6.07, 6.45) is 2.57. The second-order valence-electron chi connectivity index (χ2n) is 3.91. The van der Waals surface area contributed by atoms with Crippen LogP contribution in [-0.4, -0.2) is 36.0 Å². The van der Waals surface area contributed by atoms with Gasteiger partial charge < -0.3 is 9.42 Å². The Hall–Kier alpha value is -1.16. The number of rotatable bonds is 2. The fourth-order valence-corrected chi connectivity index (χ4v) is 1.96. The molecule has 0 amide bonds. The Bertz CT molecular complexity index is 346. The highest BCUT2D eigenvalue weighted by Crippen LogP contribution is 2.28. The number of nitrogens with zero attached hydrogens (tertiary/aromatic N) is 2. The molecule has 1 unspecified atom stereocenters. The number of likely N-dealkylation sites (N-methyl/N-ethyl adjacent to an activating group) is 1. The van der Waals surface area contributed by atoms with E-state index in [0.29, 0.717) is 11.5 Å². The molecule has 0 bridgehead atoms. The zero-order valence-electron chi connectivity index (χ0n) is 8.49. The van der Waals surface area contributed by atoms with E-state index in [-0.39, 0.29) is 5.78 Å². The minimum atomic E-state index is 0.0378. The molecule has 1 atom stereocenters. The molecule has 2 heterocycles. The van der Waals surface area contributed by atoms with Crippen LogP contribution < -0.4 is 0 Å². The largest absolute Gasteiger partial charge is 0.360 e. The van der Waals surface area contributed by atoms with Gasteiger partial charge in [-0.15, -0.1) is 0 Å². The van der Waals surface area contributed by atoms with Gasteiger partial charge >= 0.3 is 0 Å². The van der Waals surface area contributed by atoms with Gasteiger partial charge in [0.15, 0.2) is 11.5 Å².